The van der Waals surface area contributed by atoms with Crippen LogP contribution in [0.5, 0.6) is 5.75 Å². The highest BCUT2D eigenvalue weighted by molar-refractivity contribution is 5.97. The number of carbonyl (C=O) groups excluding carboxylic acids is 1. The highest BCUT2D eigenvalue weighted by Gasteiger charge is 2.18. The van der Waals surface area contributed by atoms with Crippen molar-refractivity contribution in [1.29, 1.82) is 0 Å². The summed E-state index contributed by atoms with van der Waals surface area (Å²) >= 11 is 0. The van der Waals surface area contributed by atoms with Crippen LogP contribution in [0.4, 0.5) is 5.69 Å². The third-order valence-corrected chi connectivity index (χ3v) is 4.15. The molecule has 0 atom stereocenters. The quantitative estimate of drug-likeness (QED) is 0.641. The van der Waals surface area contributed by atoms with Gasteiger partial charge in [-0.15, -0.1) is 0 Å². The molecule has 0 aliphatic rings. The molecule has 0 radical (unpaired) electrons. The third-order valence-electron chi connectivity index (χ3n) is 4.15. The lowest BCUT2D eigenvalue weighted by Crippen LogP contribution is -2.16. The lowest BCUT2D eigenvalue weighted by molar-refractivity contribution is 0.0922. The molecule has 0 saturated heterocycles. The molecule has 0 unspecified atom stereocenters. The fourth-order valence-corrected chi connectivity index (χ4v) is 2.15. The minimum Gasteiger partial charge on any atom is -0.483 e. The highest BCUT2D eigenvalue weighted by Crippen LogP contribution is 2.27. The standard InChI is InChI=1S/C19H23NO2/c1-4-19(2,3)15-11-9-14(10-12-15)17(21)13-22-18-8-6-5-7-16(18)20/h5-12H,4,13,20H2,1-3H3. The summed E-state index contributed by atoms with van der Waals surface area (Å²) < 4.78 is 5.50. The molecule has 0 bridgehead atoms. The fourth-order valence-electron chi connectivity index (χ4n) is 2.15. The molecular weight excluding hydrogens is 274 g/mol. The number of Topliss-reactive ketones (excluding diaryl/α,β-unsaturated/α-hetero) is 1. The van der Waals surface area contributed by atoms with Crippen LogP contribution in [-0.4, -0.2) is 12.4 Å². The first kappa shape index (κ1) is 16.1. The molecule has 0 spiro atoms. The maximum atomic E-state index is 12.2. The predicted molar refractivity (Wildman–Crippen MR) is 90.4 cm³/mol. The maximum Gasteiger partial charge on any atom is 0.200 e. The van der Waals surface area contributed by atoms with Gasteiger partial charge in [0.15, 0.2) is 12.4 Å². The van der Waals surface area contributed by atoms with Gasteiger partial charge in [-0.05, 0) is 29.5 Å². The minimum atomic E-state index is -0.0518. The molecule has 0 heterocycles. The number of hydrogen-bond acceptors (Lipinski definition) is 3. The summed E-state index contributed by atoms with van der Waals surface area (Å²) in [5.74, 6) is 0.490. The number of anilines is 1. The predicted octanol–water partition coefficient (Wildman–Crippen LogP) is 4.22. The van der Waals surface area contributed by atoms with Gasteiger partial charge in [0.05, 0.1) is 5.69 Å². The summed E-state index contributed by atoms with van der Waals surface area (Å²) in [4.78, 5) is 12.2. The van der Waals surface area contributed by atoms with Crippen molar-refractivity contribution in [3.8, 4) is 5.75 Å². The van der Waals surface area contributed by atoms with Crippen LogP contribution in [0.25, 0.3) is 0 Å². The molecular formula is C19H23NO2. The Bertz CT molecular complexity index is 645. The van der Waals surface area contributed by atoms with Crippen molar-refractivity contribution in [1.82, 2.24) is 0 Å². The minimum absolute atomic E-state index is 0.00920. The van der Waals surface area contributed by atoms with E-state index in [1.165, 1.54) is 5.56 Å². The van der Waals surface area contributed by atoms with Gasteiger partial charge in [-0.1, -0.05) is 57.2 Å². The van der Waals surface area contributed by atoms with E-state index in [0.717, 1.165) is 6.42 Å². The lowest BCUT2D eigenvalue weighted by Gasteiger charge is -2.23. The first-order valence-electron chi connectivity index (χ1n) is 7.55. The van der Waals surface area contributed by atoms with Crippen molar-refractivity contribution in [2.24, 2.45) is 0 Å². The molecule has 2 aromatic rings. The summed E-state index contributed by atoms with van der Waals surface area (Å²) in [6.07, 6.45) is 1.05. The Morgan fingerprint density at radius 3 is 2.32 bits per heavy atom. The number of ketones is 1. The second kappa shape index (κ2) is 6.65. The number of ether oxygens (including phenoxy) is 1. The van der Waals surface area contributed by atoms with Gasteiger partial charge in [-0.25, -0.2) is 0 Å². The fraction of sp³-hybridized carbons (Fsp3) is 0.316. The van der Waals surface area contributed by atoms with Crippen molar-refractivity contribution in [3.63, 3.8) is 0 Å². The van der Waals surface area contributed by atoms with Gasteiger partial charge in [0, 0.05) is 5.56 Å². The summed E-state index contributed by atoms with van der Waals surface area (Å²) in [7, 11) is 0. The van der Waals surface area contributed by atoms with E-state index < -0.39 is 0 Å². The van der Waals surface area contributed by atoms with E-state index in [0.29, 0.717) is 17.0 Å². The summed E-state index contributed by atoms with van der Waals surface area (Å²) in [5, 5.41) is 0. The van der Waals surface area contributed by atoms with Crippen molar-refractivity contribution in [3.05, 3.63) is 59.7 Å². The zero-order valence-corrected chi connectivity index (χ0v) is 13.4. The van der Waals surface area contributed by atoms with Crippen LogP contribution >= 0.6 is 0 Å². The van der Waals surface area contributed by atoms with Gasteiger partial charge in [0.1, 0.15) is 5.75 Å². The smallest absolute Gasteiger partial charge is 0.200 e. The monoisotopic (exact) mass is 297 g/mol. The van der Waals surface area contributed by atoms with E-state index in [1.54, 1.807) is 12.1 Å². The van der Waals surface area contributed by atoms with Gasteiger partial charge >= 0.3 is 0 Å². The summed E-state index contributed by atoms with van der Waals surface area (Å²) in [6, 6.07) is 15.0. The number of para-hydroxylation sites is 2. The molecule has 2 aromatic carbocycles. The zero-order chi connectivity index (χ0) is 16.2. The lowest BCUT2D eigenvalue weighted by atomic mass is 9.82. The van der Waals surface area contributed by atoms with Crippen LogP contribution in [0.3, 0.4) is 0 Å². The molecule has 116 valence electrons. The first-order valence-corrected chi connectivity index (χ1v) is 7.55. The number of hydrogen-bond donors (Lipinski definition) is 1. The largest absolute Gasteiger partial charge is 0.483 e. The number of nitrogens with two attached hydrogens (primary N) is 1. The van der Waals surface area contributed by atoms with E-state index in [-0.39, 0.29) is 17.8 Å². The van der Waals surface area contributed by atoms with Crippen LogP contribution in [-0.2, 0) is 5.41 Å². The van der Waals surface area contributed by atoms with Crippen LogP contribution < -0.4 is 10.5 Å². The van der Waals surface area contributed by atoms with Crippen LogP contribution in [0.2, 0.25) is 0 Å². The average molecular weight is 297 g/mol. The topological polar surface area (TPSA) is 52.3 Å². The van der Waals surface area contributed by atoms with E-state index in [1.807, 2.05) is 36.4 Å². The molecule has 0 aliphatic carbocycles. The van der Waals surface area contributed by atoms with Crippen LogP contribution in [0, 0.1) is 0 Å². The summed E-state index contributed by atoms with van der Waals surface area (Å²) in [6.45, 7) is 6.55. The van der Waals surface area contributed by atoms with Crippen molar-refractivity contribution >= 4 is 11.5 Å². The van der Waals surface area contributed by atoms with Crippen molar-refractivity contribution in [2.45, 2.75) is 32.6 Å². The average Bonchev–Trinajstić information content (AvgIpc) is 2.54. The van der Waals surface area contributed by atoms with Gasteiger partial charge in [0.2, 0.25) is 0 Å². The van der Waals surface area contributed by atoms with Crippen LogP contribution in [0.15, 0.2) is 48.5 Å². The second-order valence-corrected chi connectivity index (χ2v) is 6.06. The van der Waals surface area contributed by atoms with Crippen LogP contribution in [0.1, 0.15) is 43.1 Å². The maximum absolute atomic E-state index is 12.2. The van der Waals surface area contributed by atoms with E-state index in [9.17, 15) is 4.79 Å². The molecule has 2 rings (SSSR count). The number of carbonyl (C=O) groups is 1. The Hall–Kier alpha value is -2.29. The van der Waals surface area contributed by atoms with E-state index in [2.05, 4.69) is 20.8 Å². The third kappa shape index (κ3) is 3.67. The Morgan fingerprint density at radius 1 is 1.09 bits per heavy atom. The molecule has 0 saturated carbocycles. The number of rotatable bonds is 6. The first-order chi connectivity index (χ1) is 10.4. The number of nitrogen functional groups attached to an aromatic ring is 1. The molecule has 0 aromatic heterocycles. The second-order valence-electron chi connectivity index (χ2n) is 6.06. The molecule has 3 nitrogen and oxygen atoms in total. The Kier molecular flexibility index (Phi) is 4.86. The SMILES string of the molecule is CCC(C)(C)c1ccc(C(=O)COc2ccccc2N)cc1. The van der Waals surface area contributed by atoms with Crippen molar-refractivity contribution < 1.29 is 9.53 Å². The van der Waals surface area contributed by atoms with Gasteiger partial charge in [-0.2, -0.15) is 0 Å². The Morgan fingerprint density at radius 2 is 1.73 bits per heavy atom. The summed E-state index contributed by atoms with van der Waals surface area (Å²) in [5.41, 5.74) is 8.34. The molecule has 0 aliphatic heterocycles. The van der Waals surface area contributed by atoms with E-state index >= 15 is 0 Å². The molecule has 0 fully saturated rings. The molecule has 2 N–H and O–H groups in total. The normalized spacial score (nSPS) is 11.2. The zero-order valence-electron chi connectivity index (χ0n) is 13.4. The Balaban J connectivity index is 2.03. The van der Waals surface area contributed by atoms with Gasteiger partial charge in [-0.3, -0.25) is 4.79 Å². The number of benzene rings is 2. The van der Waals surface area contributed by atoms with E-state index in [4.69, 9.17) is 10.5 Å². The molecule has 22 heavy (non-hydrogen) atoms. The van der Waals surface area contributed by atoms with Gasteiger partial charge in [0.25, 0.3) is 0 Å². The highest BCUT2D eigenvalue weighted by atomic mass is 16.5. The van der Waals surface area contributed by atoms with Gasteiger partial charge < -0.3 is 10.5 Å². The molecule has 0 amide bonds. The Labute approximate surface area is 132 Å². The molecule has 3 heteroatoms. The van der Waals surface area contributed by atoms with Crippen molar-refractivity contribution in [2.75, 3.05) is 12.3 Å².